The molecule has 0 aliphatic heterocycles. The Balaban J connectivity index is 1.53. The highest BCUT2D eigenvalue weighted by atomic mass is 32.1. The quantitative estimate of drug-likeness (QED) is 0.783. The number of carbonyl (C=O) groups excluding carboxylic acids is 2. The molecule has 4 rings (SSSR count). The number of primary amides is 1. The van der Waals surface area contributed by atoms with Gasteiger partial charge >= 0.3 is 0 Å². The Morgan fingerprint density at radius 2 is 1.89 bits per heavy atom. The highest BCUT2D eigenvalue weighted by molar-refractivity contribution is 7.17. The second-order valence-corrected chi connectivity index (χ2v) is 10.3. The van der Waals surface area contributed by atoms with Crippen LogP contribution in [0.15, 0.2) is 30.3 Å². The average molecular weight is 397 g/mol. The highest BCUT2D eigenvalue weighted by Gasteiger charge is 2.44. The zero-order chi connectivity index (χ0) is 20.1. The number of nitrogens with one attached hydrogen (secondary N) is 1. The molecule has 0 bridgehead atoms. The van der Waals surface area contributed by atoms with Crippen LogP contribution in [0.5, 0.6) is 0 Å². The first-order chi connectivity index (χ1) is 13.3. The van der Waals surface area contributed by atoms with Gasteiger partial charge in [-0.1, -0.05) is 51.1 Å². The number of fused-ring (bicyclic) bond motifs is 1. The van der Waals surface area contributed by atoms with Crippen LogP contribution in [0.4, 0.5) is 5.00 Å². The largest absolute Gasteiger partial charge is 0.365 e. The van der Waals surface area contributed by atoms with Crippen molar-refractivity contribution in [2.24, 2.45) is 23.0 Å². The summed E-state index contributed by atoms with van der Waals surface area (Å²) in [5, 5.41) is 3.69. The molecule has 1 aromatic heterocycles. The van der Waals surface area contributed by atoms with E-state index in [1.54, 1.807) is 11.3 Å². The zero-order valence-corrected chi connectivity index (χ0v) is 17.6. The number of rotatable bonds is 4. The molecule has 1 saturated carbocycles. The fourth-order valence-electron chi connectivity index (χ4n) is 4.43. The van der Waals surface area contributed by atoms with E-state index in [4.69, 9.17) is 5.73 Å². The molecule has 4 nitrogen and oxygen atoms in total. The van der Waals surface area contributed by atoms with Crippen molar-refractivity contribution in [3.63, 3.8) is 0 Å². The van der Waals surface area contributed by atoms with E-state index in [0.29, 0.717) is 16.5 Å². The number of anilines is 1. The van der Waals surface area contributed by atoms with Crippen molar-refractivity contribution in [2.75, 3.05) is 5.32 Å². The molecular weight excluding hydrogens is 368 g/mol. The molecular formula is C23H28N2O2S. The Bertz CT molecular complexity index is 911. The van der Waals surface area contributed by atoms with Crippen molar-refractivity contribution in [1.82, 2.24) is 0 Å². The maximum Gasteiger partial charge on any atom is 0.251 e. The normalized spacial score (nSPS) is 23.8. The van der Waals surface area contributed by atoms with Gasteiger partial charge in [-0.3, -0.25) is 9.59 Å². The molecule has 28 heavy (non-hydrogen) atoms. The number of hydrogen-bond acceptors (Lipinski definition) is 3. The summed E-state index contributed by atoms with van der Waals surface area (Å²) in [6.45, 7) is 6.81. The Morgan fingerprint density at radius 3 is 2.54 bits per heavy atom. The van der Waals surface area contributed by atoms with Crippen LogP contribution in [0.2, 0.25) is 0 Å². The van der Waals surface area contributed by atoms with E-state index in [1.807, 2.05) is 18.2 Å². The lowest BCUT2D eigenvalue weighted by Crippen LogP contribution is -2.27. The Kier molecular flexibility index (Phi) is 4.82. The van der Waals surface area contributed by atoms with E-state index in [1.165, 1.54) is 10.4 Å². The molecule has 1 heterocycles. The third-order valence-electron chi connectivity index (χ3n) is 6.33. The molecule has 2 aromatic rings. The molecule has 148 valence electrons. The predicted octanol–water partition coefficient (Wildman–Crippen LogP) is 4.74. The van der Waals surface area contributed by atoms with Crippen LogP contribution in [-0.4, -0.2) is 11.8 Å². The van der Waals surface area contributed by atoms with E-state index in [2.05, 4.69) is 38.2 Å². The number of thiophene rings is 1. The SMILES string of the molecule is CC(C)(C)[C@H]1CCc2c(sc(NC(=O)[C@@H]3C[C@@H]3c3ccccc3)c2C(N)=O)C1. The van der Waals surface area contributed by atoms with Crippen LogP contribution >= 0.6 is 11.3 Å². The molecule has 0 radical (unpaired) electrons. The molecule has 2 aliphatic rings. The summed E-state index contributed by atoms with van der Waals surface area (Å²) in [5.74, 6) is 0.399. The lowest BCUT2D eigenvalue weighted by molar-refractivity contribution is -0.117. The van der Waals surface area contributed by atoms with Crippen LogP contribution in [0.1, 0.15) is 65.9 Å². The van der Waals surface area contributed by atoms with Crippen molar-refractivity contribution in [3.8, 4) is 0 Å². The molecule has 3 atom stereocenters. The second-order valence-electron chi connectivity index (χ2n) is 9.23. The van der Waals surface area contributed by atoms with Crippen molar-refractivity contribution < 1.29 is 9.59 Å². The van der Waals surface area contributed by atoms with Gasteiger partial charge in [0.2, 0.25) is 5.91 Å². The van der Waals surface area contributed by atoms with E-state index in [0.717, 1.165) is 31.2 Å². The molecule has 2 amide bonds. The lowest BCUT2D eigenvalue weighted by Gasteiger charge is -2.33. The van der Waals surface area contributed by atoms with Gasteiger partial charge in [-0.25, -0.2) is 0 Å². The Hall–Kier alpha value is -2.14. The number of nitrogens with two attached hydrogens (primary N) is 1. The van der Waals surface area contributed by atoms with Gasteiger partial charge in [-0.2, -0.15) is 0 Å². The lowest BCUT2D eigenvalue weighted by atomic mass is 9.72. The zero-order valence-electron chi connectivity index (χ0n) is 16.7. The monoisotopic (exact) mass is 396 g/mol. The van der Waals surface area contributed by atoms with E-state index >= 15 is 0 Å². The third-order valence-corrected chi connectivity index (χ3v) is 7.50. The van der Waals surface area contributed by atoms with Crippen LogP contribution in [0.3, 0.4) is 0 Å². The summed E-state index contributed by atoms with van der Waals surface area (Å²) >= 11 is 1.55. The summed E-state index contributed by atoms with van der Waals surface area (Å²) in [4.78, 5) is 26.2. The minimum atomic E-state index is -0.433. The van der Waals surface area contributed by atoms with E-state index in [9.17, 15) is 9.59 Å². The van der Waals surface area contributed by atoms with E-state index in [-0.39, 0.29) is 23.2 Å². The van der Waals surface area contributed by atoms with Crippen LogP contribution in [0.25, 0.3) is 0 Å². The van der Waals surface area contributed by atoms with Gasteiger partial charge in [-0.05, 0) is 54.1 Å². The molecule has 0 saturated heterocycles. The van der Waals surface area contributed by atoms with Gasteiger partial charge in [0.05, 0.1) is 5.56 Å². The molecule has 0 unspecified atom stereocenters. The number of amides is 2. The van der Waals surface area contributed by atoms with Crippen LogP contribution in [0, 0.1) is 17.3 Å². The van der Waals surface area contributed by atoms with Gasteiger partial charge in [0, 0.05) is 10.8 Å². The first-order valence-electron chi connectivity index (χ1n) is 10.1. The predicted molar refractivity (Wildman–Crippen MR) is 114 cm³/mol. The Labute approximate surface area is 170 Å². The van der Waals surface area contributed by atoms with Crippen LogP contribution < -0.4 is 11.1 Å². The van der Waals surface area contributed by atoms with Gasteiger partial charge in [-0.15, -0.1) is 11.3 Å². The van der Waals surface area contributed by atoms with Crippen LogP contribution in [-0.2, 0) is 17.6 Å². The first-order valence-corrected chi connectivity index (χ1v) is 10.9. The summed E-state index contributed by atoms with van der Waals surface area (Å²) < 4.78 is 0. The maximum absolute atomic E-state index is 12.8. The van der Waals surface area contributed by atoms with E-state index < -0.39 is 5.91 Å². The minimum Gasteiger partial charge on any atom is -0.365 e. The number of benzene rings is 1. The fourth-order valence-corrected chi connectivity index (χ4v) is 5.77. The molecule has 1 aromatic carbocycles. The number of hydrogen-bond donors (Lipinski definition) is 2. The van der Waals surface area contributed by atoms with Gasteiger partial charge in [0.1, 0.15) is 5.00 Å². The molecule has 3 N–H and O–H groups in total. The Morgan fingerprint density at radius 1 is 1.18 bits per heavy atom. The molecule has 0 spiro atoms. The maximum atomic E-state index is 12.8. The first kappa shape index (κ1) is 19.2. The minimum absolute atomic E-state index is 0.00215. The van der Waals surface area contributed by atoms with Crippen molar-refractivity contribution >= 4 is 28.2 Å². The highest BCUT2D eigenvalue weighted by Crippen LogP contribution is 2.49. The van der Waals surface area contributed by atoms with Crippen molar-refractivity contribution in [1.29, 1.82) is 0 Å². The van der Waals surface area contributed by atoms with Crippen molar-refractivity contribution in [3.05, 3.63) is 51.9 Å². The summed E-state index contributed by atoms with van der Waals surface area (Å²) in [7, 11) is 0. The fraction of sp³-hybridized carbons (Fsp3) is 0.478. The summed E-state index contributed by atoms with van der Waals surface area (Å²) in [6, 6.07) is 10.1. The van der Waals surface area contributed by atoms with Gasteiger partial charge in [0.25, 0.3) is 5.91 Å². The summed E-state index contributed by atoms with van der Waals surface area (Å²) in [5.41, 5.74) is 8.74. The smallest absolute Gasteiger partial charge is 0.251 e. The molecule has 1 fully saturated rings. The summed E-state index contributed by atoms with van der Waals surface area (Å²) in [6.07, 6.45) is 3.73. The number of carbonyl (C=O) groups is 2. The third kappa shape index (κ3) is 3.60. The van der Waals surface area contributed by atoms with Gasteiger partial charge < -0.3 is 11.1 Å². The molecule has 2 aliphatic carbocycles. The van der Waals surface area contributed by atoms with Crippen molar-refractivity contribution in [2.45, 2.75) is 52.4 Å². The average Bonchev–Trinajstić information content (AvgIpc) is 3.36. The molecule has 5 heteroatoms. The van der Waals surface area contributed by atoms with Gasteiger partial charge in [0.15, 0.2) is 0 Å². The second kappa shape index (κ2) is 7.03. The topological polar surface area (TPSA) is 72.2 Å². The standard InChI is InChI=1S/C23H28N2O2S/c1-23(2,3)14-9-10-15-18(11-14)28-22(19(15)20(24)26)25-21(27)17-12-16(17)13-7-5-4-6-8-13/h4-8,14,16-17H,9-12H2,1-3H3,(H2,24,26)(H,25,27)/t14-,16+,17+/m0/s1.